The highest BCUT2D eigenvalue weighted by molar-refractivity contribution is 5.76. The van der Waals surface area contributed by atoms with Crippen molar-refractivity contribution in [3.8, 4) is 0 Å². The smallest absolute Gasteiger partial charge is 0.312 e. The van der Waals surface area contributed by atoms with Gasteiger partial charge in [-0.25, -0.2) is 0 Å². The van der Waals surface area contributed by atoms with E-state index in [-0.39, 0.29) is 19.8 Å². The maximum Gasteiger partial charge on any atom is 0.312 e. The predicted octanol–water partition coefficient (Wildman–Crippen LogP) is 0.578. The Morgan fingerprint density at radius 2 is 1.84 bits per heavy atom. The van der Waals surface area contributed by atoms with E-state index < -0.39 is 17.4 Å². The molecule has 0 saturated carbocycles. The van der Waals surface area contributed by atoms with Gasteiger partial charge in [0.15, 0.2) is 0 Å². The molecule has 0 amide bonds. The van der Waals surface area contributed by atoms with Crippen LogP contribution in [0.25, 0.3) is 0 Å². The van der Waals surface area contributed by atoms with Gasteiger partial charge in [-0.1, -0.05) is 37.3 Å². The third kappa shape index (κ3) is 4.02. The lowest BCUT2D eigenvalue weighted by Crippen LogP contribution is -2.53. The van der Waals surface area contributed by atoms with Crippen LogP contribution in [0.15, 0.2) is 30.3 Å². The molecule has 0 heterocycles. The van der Waals surface area contributed by atoms with Gasteiger partial charge in [-0.05, 0) is 12.0 Å². The summed E-state index contributed by atoms with van der Waals surface area (Å²) in [4.78, 5) is 11.3. The van der Waals surface area contributed by atoms with Gasteiger partial charge in [-0.15, -0.1) is 0 Å². The van der Waals surface area contributed by atoms with Crippen molar-refractivity contribution in [3.05, 3.63) is 35.9 Å². The molecular weight excluding hydrogens is 246 g/mol. The quantitative estimate of drug-likeness (QED) is 0.553. The number of carbonyl (C=O) groups is 1. The predicted molar refractivity (Wildman–Crippen MR) is 72.0 cm³/mol. The number of benzene rings is 1. The molecule has 5 heteroatoms. The summed E-state index contributed by atoms with van der Waals surface area (Å²) in [6.45, 7) is 1.52. The van der Waals surface area contributed by atoms with Gasteiger partial charge in [0, 0.05) is 6.54 Å². The number of carboxylic acid groups (broad SMARTS) is 1. The average Bonchev–Trinajstić information content (AvgIpc) is 2.45. The van der Waals surface area contributed by atoms with E-state index in [4.69, 9.17) is 0 Å². The minimum Gasteiger partial charge on any atom is -0.481 e. The zero-order valence-corrected chi connectivity index (χ0v) is 11.0. The molecule has 0 bridgehead atoms. The average molecular weight is 267 g/mol. The largest absolute Gasteiger partial charge is 0.481 e. The second-order valence-corrected chi connectivity index (χ2v) is 4.63. The number of aliphatic hydroxyl groups is 2. The molecule has 4 N–H and O–H groups in total. The summed E-state index contributed by atoms with van der Waals surface area (Å²) in [7, 11) is 0. The van der Waals surface area contributed by atoms with Crippen LogP contribution < -0.4 is 5.32 Å². The van der Waals surface area contributed by atoms with Crippen molar-refractivity contribution in [3.63, 3.8) is 0 Å². The fourth-order valence-electron chi connectivity index (χ4n) is 1.86. The van der Waals surface area contributed by atoms with Gasteiger partial charge in [0.25, 0.3) is 0 Å². The van der Waals surface area contributed by atoms with Crippen molar-refractivity contribution in [1.29, 1.82) is 0 Å². The standard InChI is InChI=1S/C14H21NO4/c1-2-14(9-16,10-17)15-8-12(13(18)19)11-6-4-3-5-7-11/h3-7,12,15-17H,2,8-10H2,1H3,(H,18,19). The van der Waals surface area contributed by atoms with Crippen LogP contribution in [0.1, 0.15) is 24.8 Å². The Morgan fingerprint density at radius 3 is 2.26 bits per heavy atom. The Kier molecular flexibility index (Phi) is 5.95. The molecule has 1 rings (SSSR count). The Balaban J connectivity index is 2.78. The van der Waals surface area contributed by atoms with Crippen LogP contribution in [0.4, 0.5) is 0 Å². The molecule has 0 aliphatic rings. The lowest BCUT2D eigenvalue weighted by atomic mass is 9.94. The third-order valence-corrected chi connectivity index (χ3v) is 3.46. The zero-order valence-electron chi connectivity index (χ0n) is 11.0. The summed E-state index contributed by atoms with van der Waals surface area (Å²) in [5.74, 6) is -1.63. The van der Waals surface area contributed by atoms with Crippen LogP contribution in [0.3, 0.4) is 0 Å². The van der Waals surface area contributed by atoms with Crippen molar-refractivity contribution in [2.45, 2.75) is 24.8 Å². The SMILES string of the molecule is CCC(CO)(CO)NCC(C(=O)O)c1ccccc1. The first-order valence-electron chi connectivity index (χ1n) is 6.33. The van der Waals surface area contributed by atoms with E-state index in [1.807, 2.05) is 13.0 Å². The summed E-state index contributed by atoms with van der Waals surface area (Å²) < 4.78 is 0. The third-order valence-electron chi connectivity index (χ3n) is 3.46. The molecule has 106 valence electrons. The van der Waals surface area contributed by atoms with Crippen molar-refractivity contribution in [2.75, 3.05) is 19.8 Å². The van der Waals surface area contributed by atoms with E-state index in [1.165, 1.54) is 0 Å². The van der Waals surface area contributed by atoms with Crippen LogP contribution in [0, 0.1) is 0 Å². The lowest BCUT2D eigenvalue weighted by Gasteiger charge is -2.31. The van der Waals surface area contributed by atoms with Gasteiger partial charge in [-0.3, -0.25) is 4.79 Å². The molecule has 0 aliphatic carbocycles. The molecule has 0 aliphatic heterocycles. The Hall–Kier alpha value is -1.43. The van der Waals surface area contributed by atoms with E-state index in [0.29, 0.717) is 12.0 Å². The Morgan fingerprint density at radius 1 is 1.26 bits per heavy atom. The van der Waals surface area contributed by atoms with Crippen molar-refractivity contribution < 1.29 is 20.1 Å². The number of hydrogen-bond acceptors (Lipinski definition) is 4. The van der Waals surface area contributed by atoms with Gasteiger partial charge in [0.05, 0.1) is 24.7 Å². The number of nitrogens with one attached hydrogen (secondary N) is 1. The number of aliphatic carboxylic acids is 1. The number of aliphatic hydroxyl groups excluding tert-OH is 2. The zero-order chi connectivity index (χ0) is 14.3. The molecule has 5 nitrogen and oxygen atoms in total. The Bertz CT molecular complexity index is 381. The minimum absolute atomic E-state index is 0.161. The molecule has 0 fully saturated rings. The van der Waals surface area contributed by atoms with E-state index in [9.17, 15) is 20.1 Å². The molecule has 0 spiro atoms. The fourth-order valence-corrected chi connectivity index (χ4v) is 1.86. The molecule has 19 heavy (non-hydrogen) atoms. The minimum atomic E-state index is -0.931. The molecule has 1 atom stereocenters. The summed E-state index contributed by atoms with van der Waals surface area (Å²) in [5, 5.41) is 30.9. The highest BCUT2D eigenvalue weighted by Gasteiger charge is 2.29. The molecule has 1 unspecified atom stereocenters. The van der Waals surface area contributed by atoms with Gasteiger partial charge in [-0.2, -0.15) is 0 Å². The molecule has 1 aromatic carbocycles. The van der Waals surface area contributed by atoms with Gasteiger partial charge < -0.3 is 20.6 Å². The number of rotatable bonds is 8. The number of hydrogen-bond donors (Lipinski definition) is 4. The summed E-state index contributed by atoms with van der Waals surface area (Å²) in [6, 6.07) is 8.92. The second kappa shape index (κ2) is 7.23. The molecule has 1 aromatic rings. The first kappa shape index (κ1) is 15.6. The molecular formula is C14H21NO4. The summed E-state index contributed by atoms with van der Waals surface area (Å²) in [6.07, 6.45) is 0.515. The molecule has 0 saturated heterocycles. The van der Waals surface area contributed by atoms with E-state index >= 15 is 0 Å². The van der Waals surface area contributed by atoms with Crippen LogP contribution >= 0.6 is 0 Å². The lowest BCUT2D eigenvalue weighted by molar-refractivity contribution is -0.138. The topological polar surface area (TPSA) is 89.8 Å². The maximum atomic E-state index is 11.3. The van der Waals surface area contributed by atoms with Gasteiger partial charge in [0.2, 0.25) is 0 Å². The van der Waals surface area contributed by atoms with Crippen molar-refractivity contribution >= 4 is 5.97 Å². The normalized spacial score (nSPS) is 13.2. The summed E-state index contributed by atoms with van der Waals surface area (Å²) >= 11 is 0. The van der Waals surface area contributed by atoms with E-state index in [1.54, 1.807) is 24.3 Å². The first-order chi connectivity index (χ1) is 9.08. The van der Waals surface area contributed by atoms with Crippen LogP contribution in [-0.4, -0.2) is 46.6 Å². The van der Waals surface area contributed by atoms with Crippen LogP contribution in [0.2, 0.25) is 0 Å². The first-order valence-corrected chi connectivity index (χ1v) is 6.33. The number of carboxylic acids is 1. The second-order valence-electron chi connectivity index (χ2n) is 4.63. The monoisotopic (exact) mass is 267 g/mol. The van der Waals surface area contributed by atoms with E-state index in [2.05, 4.69) is 5.32 Å². The van der Waals surface area contributed by atoms with Crippen LogP contribution in [0.5, 0.6) is 0 Å². The summed E-state index contributed by atoms with van der Waals surface area (Å²) in [5.41, 5.74) is -0.133. The van der Waals surface area contributed by atoms with Gasteiger partial charge >= 0.3 is 5.97 Å². The van der Waals surface area contributed by atoms with Crippen molar-refractivity contribution in [2.24, 2.45) is 0 Å². The molecule has 0 radical (unpaired) electrons. The van der Waals surface area contributed by atoms with Crippen molar-refractivity contribution in [1.82, 2.24) is 5.32 Å². The van der Waals surface area contributed by atoms with E-state index in [0.717, 1.165) is 0 Å². The molecule has 0 aromatic heterocycles. The highest BCUT2D eigenvalue weighted by Crippen LogP contribution is 2.17. The van der Waals surface area contributed by atoms with Crippen LogP contribution in [-0.2, 0) is 4.79 Å². The Labute approximate surface area is 112 Å². The van der Waals surface area contributed by atoms with Gasteiger partial charge in [0.1, 0.15) is 0 Å². The maximum absolute atomic E-state index is 11.3. The fraction of sp³-hybridized carbons (Fsp3) is 0.500. The highest BCUT2D eigenvalue weighted by atomic mass is 16.4.